The van der Waals surface area contributed by atoms with Gasteiger partial charge in [0.25, 0.3) is 5.91 Å². The van der Waals surface area contributed by atoms with E-state index in [1.165, 1.54) is 28.6 Å². The van der Waals surface area contributed by atoms with Crippen molar-refractivity contribution in [2.45, 2.75) is 6.42 Å². The molecule has 0 radical (unpaired) electrons. The molecule has 0 fully saturated rings. The summed E-state index contributed by atoms with van der Waals surface area (Å²) in [6, 6.07) is 10.9. The summed E-state index contributed by atoms with van der Waals surface area (Å²) in [6.45, 7) is -0.189. The molecule has 1 amide bonds. The van der Waals surface area contributed by atoms with E-state index < -0.39 is 28.5 Å². The van der Waals surface area contributed by atoms with Gasteiger partial charge in [-0.1, -0.05) is 11.6 Å². The number of ether oxygens (including phenoxy) is 1. The molecule has 29 heavy (non-hydrogen) atoms. The number of hydrogen-bond acceptors (Lipinski definition) is 6. The third kappa shape index (κ3) is 4.67. The number of nitriles is 1. The van der Waals surface area contributed by atoms with E-state index in [1.54, 1.807) is 12.1 Å². The molecular formula is C19H16ClN3O5S. The second kappa shape index (κ2) is 8.11. The molecule has 2 aromatic rings. The first-order chi connectivity index (χ1) is 13.7. The van der Waals surface area contributed by atoms with Crippen LogP contribution in [0.15, 0.2) is 36.4 Å². The summed E-state index contributed by atoms with van der Waals surface area (Å²) in [7, 11) is -3.37. The zero-order valence-electron chi connectivity index (χ0n) is 15.3. The van der Waals surface area contributed by atoms with E-state index in [0.717, 1.165) is 11.8 Å². The Bertz CT molecular complexity index is 1140. The van der Waals surface area contributed by atoms with E-state index in [1.807, 2.05) is 6.07 Å². The van der Waals surface area contributed by atoms with Crippen LogP contribution in [0, 0.1) is 11.3 Å². The number of carbonyl (C=O) groups excluding carboxylic acids is 2. The number of esters is 1. The van der Waals surface area contributed by atoms with Crippen LogP contribution in [0.5, 0.6) is 0 Å². The summed E-state index contributed by atoms with van der Waals surface area (Å²) in [4.78, 5) is 24.2. The van der Waals surface area contributed by atoms with Gasteiger partial charge in [-0.15, -0.1) is 0 Å². The number of nitrogens with one attached hydrogen (secondary N) is 1. The highest BCUT2D eigenvalue weighted by Gasteiger charge is 2.27. The SMILES string of the molecule is CS(=O)(=O)N1CCc2cc(C(=O)OCC(=O)Nc3ccc(C#N)c(Cl)c3)ccc21. The average molecular weight is 434 g/mol. The smallest absolute Gasteiger partial charge is 0.338 e. The number of nitrogens with zero attached hydrogens (tertiary/aromatic N) is 2. The van der Waals surface area contributed by atoms with Gasteiger partial charge >= 0.3 is 5.97 Å². The van der Waals surface area contributed by atoms with Crippen LogP contribution in [0.1, 0.15) is 21.5 Å². The number of anilines is 2. The van der Waals surface area contributed by atoms with Gasteiger partial charge in [-0.3, -0.25) is 9.10 Å². The number of hydrogen-bond donors (Lipinski definition) is 1. The topological polar surface area (TPSA) is 117 Å². The number of carbonyl (C=O) groups is 2. The van der Waals surface area contributed by atoms with Crippen molar-refractivity contribution in [2.24, 2.45) is 0 Å². The Labute approximate surface area is 172 Å². The quantitative estimate of drug-likeness (QED) is 0.723. The van der Waals surface area contributed by atoms with Crippen molar-refractivity contribution in [3.05, 3.63) is 58.1 Å². The number of halogens is 1. The van der Waals surface area contributed by atoms with Crippen LogP contribution in [-0.2, 0) is 26.0 Å². The van der Waals surface area contributed by atoms with Crippen LogP contribution in [-0.4, -0.2) is 39.7 Å². The number of rotatable bonds is 5. The third-order valence-electron chi connectivity index (χ3n) is 4.28. The predicted molar refractivity (Wildman–Crippen MR) is 107 cm³/mol. The minimum absolute atomic E-state index is 0.198. The summed E-state index contributed by atoms with van der Waals surface area (Å²) in [5.41, 5.74) is 2.14. The minimum atomic E-state index is -3.37. The average Bonchev–Trinajstić information content (AvgIpc) is 3.10. The Morgan fingerprint density at radius 3 is 2.69 bits per heavy atom. The fourth-order valence-electron chi connectivity index (χ4n) is 2.94. The summed E-state index contributed by atoms with van der Waals surface area (Å²) in [5.74, 6) is -1.26. The Morgan fingerprint density at radius 2 is 2.03 bits per heavy atom. The molecule has 1 heterocycles. The lowest BCUT2D eigenvalue weighted by Crippen LogP contribution is -2.27. The molecule has 10 heteroatoms. The lowest BCUT2D eigenvalue weighted by Gasteiger charge is -2.16. The Morgan fingerprint density at radius 1 is 1.28 bits per heavy atom. The van der Waals surface area contributed by atoms with Crippen LogP contribution in [0.25, 0.3) is 0 Å². The van der Waals surface area contributed by atoms with Gasteiger partial charge in [-0.25, -0.2) is 13.2 Å². The first kappa shape index (κ1) is 20.6. The molecule has 0 saturated heterocycles. The summed E-state index contributed by atoms with van der Waals surface area (Å²) in [5, 5.41) is 11.6. The molecule has 1 aliphatic rings. The molecule has 0 aliphatic carbocycles. The van der Waals surface area contributed by atoms with E-state index in [2.05, 4.69) is 5.32 Å². The number of amides is 1. The lowest BCUT2D eigenvalue weighted by atomic mass is 10.1. The standard InChI is InChI=1S/C19H16ClN3O5S/c1-29(26,27)23-7-6-12-8-13(3-5-17(12)23)19(25)28-11-18(24)22-15-4-2-14(10-21)16(20)9-15/h2-5,8-9H,6-7,11H2,1H3,(H,22,24). The van der Waals surface area contributed by atoms with Crippen LogP contribution in [0.2, 0.25) is 5.02 Å². The summed E-state index contributed by atoms with van der Waals surface area (Å²) < 4.78 is 29.8. The fourth-order valence-corrected chi connectivity index (χ4v) is 4.12. The fraction of sp³-hybridized carbons (Fsp3) is 0.211. The van der Waals surface area contributed by atoms with Crippen molar-refractivity contribution in [2.75, 3.05) is 29.0 Å². The van der Waals surface area contributed by atoms with Crippen molar-refractivity contribution >= 4 is 44.9 Å². The maximum absolute atomic E-state index is 12.2. The summed E-state index contributed by atoms with van der Waals surface area (Å²) >= 11 is 5.91. The number of sulfonamides is 1. The molecule has 0 saturated carbocycles. The van der Waals surface area contributed by atoms with Gasteiger partial charge in [0, 0.05) is 12.2 Å². The van der Waals surface area contributed by atoms with Crippen LogP contribution >= 0.6 is 11.6 Å². The van der Waals surface area contributed by atoms with Crippen LogP contribution in [0.3, 0.4) is 0 Å². The van der Waals surface area contributed by atoms with E-state index in [-0.39, 0.29) is 16.1 Å². The Balaban J connectivity index is 1.61. The zero-order valence-corrected chi connectivity index (χ0v) is 16.9. The van der Waals surface area contributed by atoms with Gasteiger partial charge in [0.15, 0.2) is 6.61 Å². The summed E-state index contributed by atoms with van der Waals surface area (Å²) in [6.07, 6.45) is 1.62. The molecule has 3 rings (SSSR count). The second-order valence-corrected chi connectivity index (χ2v) is 8.67. The number of benzene rings is 2. The van der Waals surface area contributed by atoms with Gasteiger partial charge in [0.1, 0.15) is 6.07 Å². The first-order valence-corrected chi connectivity index (χ1v) is 10.7. The normalized spacial score (nSPS) is 12.8. The molecule has 2 aromatic carbocycles. The van der Waals surface area contributed by atoms with Gasteiger partial charge in [-0.05, 0) is 48.4 Å². The molecule has 0 spiro atoms. The monoisotopic (exact) mass is 433 g/mol. The molecule has 1 N–H and O–H groups in total. The molecule has 8 nitrogen and oxygen atoms in total. The van der Waals surface area contributed by atoms with Gasteiger partial charge in [-0.2, -0.15) is 5.26 Å². The third-order valence-corrected chi connectivity index (χ3v) is 5.77. The molecule has 150 valence electrons. The van der Waals surface area contributed by atoms with Gasteiger partial charge in [0.05, 0.1) is 28.1 Å². The maximum Gasteiger partial charge on any atom is 0.338 e. The van der Waals surface area contributed by atoms with Crippen molar-refractivity contribution < 1.29 is 22.7 Å². The minimum Gasteiger partial charge on any atom is -0.452 e. The zero-order chi connectivity index (χ0) is 21.2. The van der Waals surface area contributed by atoms with Crippen molar-refractivity contribution in [1.29, 1.82) is 5.26 Å². The second-order valence-electron chi connectivity index (χ2n) is 6.36. The molecule has 0 aromatic heterocycles. The highest BCUT2D eigenvalue weighted by Crippen LogP contribution is 2.30. The van der Waals surface area contributed by atoms with E-state index in [0.29, 0.717) is 24.3 Å². The Kier molecular flexibility index (Phi) is 5.77. The van der Waals surface area contributed by atoms with E-state index in [9.17, 15) is 18.0 Å². The molecule has 0 bridgehead atoms. The van der Waals surface area contributed by atoms with Crippen LogP contribution < -0.4 is 9.62 Å². The highest BCUT2D eigenvalue weighted by atomic mass is 35.5. The predicted octanol–water partition coefficient (Wildman–Crippen LogP) is 2.33. The first-order valence-electron chi connectivity index (χ1n) is 8.46. The largest absolute Gasteiger partial charge is 0.452 e. The van der Waals surface area contributed by atoms with Crippen molar-refractivity contribution in [3.8, 4) is 6.07 Å². The van der Waals surface area contributed by atoms with Crippen LogP contribution in [0.4, 0.5) is 11.4 Å². The lowest BCUT2D eigenvalue weighted by molar-refractivity contribution is -0.119. The molecule has 0 unspecified atom stereocenters. The van der Waals surface area contributed by atoms with Crippen molar-refractivity contribution in [1.82, 2.24) is 0 Å². The highest BCUT2D eigenvalue weighted by molar-refractivity contribution is 7.92. The molecule has 0 atom stereocenters. The van der Waals surface area contributed by atoms with Gasteiger partial charge < -0.3 is 10.1 Å². The Hall–Kier alpha value is -3.09. The maximum atomic E-state index is 12.2. The molecule has 1 aliphatic heterocycles. The van der Waals surface area contributed by atoms with Gasteiger partial charge in [0.2, 0.25) is 10.0 Å². The van der Waals surface area contributed by atoms with Crippen molar-refractivity contribution in [3.63, 3.8) is 0 Å². The van der Waals surface area contributed by atoms with E-state index >= 15 is 0 Å². The number of fused-ring (bicyclic) bond motifs is 1. The molecular weight excluding hydrogens is 418 g/mol. The van der Waals surface area contributed by atoms with E-state index in [4.69, 9.17) is 21.6 Å².